The van der Waals surface area contributed by atoms with Gasteiger partial charge < -0.3 is 0 Å². The normalized spacial score (nSPS) is 14.0. The number of thiophene rings is 1. The van der Waals surface area contributed by atoms with E-state index in [0.717, 1.165) is 53.8 Å². The first-order valence-electron chi connectivity index (χ1n) is 9.31. The largest absolute Gasteiger partial charge is 0.292 e. The molecule has 1 aliphatic carbocycles. The molecule has 25 heavy (non-hydrogen) atoms. The lowest BCUT2D eigenvalue weighted by Gasteiger charge is -2.14. The third kappa shape index (κ3) is 2.93. The van der Waals surface area contributed by atoms with Crippen molar-refractivity contribution in [1.29, 1.82) is 0 Å². The first kappa shape index (κ1) is 16.5. The summed E-state index contributed by atoms with van der Waals surface area (Å²) in [6, 6.07) is 8.32. The van der Waals surface area contributed by atoms with E-state index in [2.05, 4.69) is 32.0 Å². The average Bonchev–Trinajstić information content (AvgIpc) is 2.99. The maximum atomic E-state index is 13.4. The van der Waals surface area contributed by atoms with Crippen molar-refractivity contribution in [1.82, 2.24) is 9.55 Å². The zero-order valence-corrected chi connectivity index (χ0v) is 15.8. The highest BCUT2D eigenvalue weighted by molar-refractivity contribution is 7.18. The Balaban J connectivity index is 1.99. The molecule has 1 aromatic carbocycles. The Morgan fingerprint density at radius 1 is 1.24 bits per heavy atom. The van der Waals surface area contributed by atoms with Crippen LogP contribution in [0.1, 0.15) is 48.6 Å². The van der Waals surface area contributed by atoms with E-state index in [4.69, 9.17) is 4.98 Å². The van der Waals surface area contributed by atoms with E-state index >= 15 is 0 Å². The van der Waals surface area contributed by atoms with Crippen LogP contribution in [-0.4, -0.2) is 9.55 Å². The lowest BCUT2D eigenvalue weighted by Crippen LogP contribution is -2.24. The van der Waals surface area contributed by atoms with Crippen molar-refractivity contribution in [2.45, 2.75) is 58.9 Å². The van der Waals surface area contributed by atoms with Crippen LogP contribution < -0.4 is 5.56 Å². The smallest absolute Gasteiger partial charge is 0.262 e. The van der Waals surface area contributed by atoms with Gasteiger partial charge in [-0.05, 0) is 50.7 Å². The predicted octanol–water partition coefficient (Wildman–Crippen LogP) is 5.11. The van der Waals surface area contributed by atoms with Gasteiger partial charge >= 0.3 is 0 Å². The van der Waals surface area contributed by atoms with E-state index in [9.17, 15) is 4.79 Å². The Morgan fingerprint density at radius 2 is 2.08 bits per heavy atom. The van der Waals surface area contributed by atoms with E-state index in [1.54, 1.807) is 11.3 Å². The minimum atomic E-state index is 0.161. The molecule has 0 saturated carbocycles. The number of rotatable bonds is 4. The minimum absolute atomic E-state index is 0.161. The fourth-order valence-corrected chi connectivity index (χ4v) is 5.02. The molecule has 4 heteroatoms. The number of hydrogen-bond donors (Lipinski definition) is 0. The molecule has 0 spiro atoms. The van der Waals surface area contributed by atoms with Crippen molar-refractivity contribution < 1.29 is 0 Å². The number of aromatic nitrogens is 2. The van der Waals surface area contributed by atoms with Crippen molar-refractivity contribution >= 4 is 21.6 Å². The molecule has 2 aromatic heterocycles. The molecule has 0 amide bonds. The van der Waals surface area contributed by atoms with Gasteiger partial charge in [0.25, 0.3) is 5.56 Å². The van der Waals surface area contributed by atoms with Crippen LogP contribution in [-0.2, 0) is 19.4 Å². The Labute approximate surface area is 152 Å². The molecule has 1 aliphatic rings. The molecule has 0 radical (unpaired) electrons. The van der Waals surface area contributed by atoms with Crippen LogP contribution in [0.2, 0.25) is 0 Å². The monoisotopic (exact) mass is 352 g/mol. The van der Waals surface area contributed by atoms with Crippen molar-refractivity contribution in [3.8, 4) is 11.4 Å². The van der Waals surface area contributed by atoms with Gasteiger partial charge in [-0.15, -0.1) is 11.3 Å². The van der Waals surface area contributed by atoms with Crippen molar-refractivity contribution in [2.24, 2.45) is 0 Å². The van der Waals surface area contributed by atoms with E-state index in [0.29, 0.717) is 0 Å². The van der Waals surface area contributed by atoms with E-state index in [-0.39, 0.29) is 5.56 Å². The summed E-state index contributed by atoms with van der Waals surface area (Å²) in [6.45, 7) is 4.99. The van der Waals surface area contributed by atoms with Gasteiger partial charge in [-0.2, -0.15) is 0 Å². The molecular formula is C21H24N2OS. The Bertz CT molecular complexity index is 983. The fraction of sp³-hybridized carbons (Fsp3) is 0.429. The number of hydrogen-bond acceptors (Lipinski definition) is 3. The number of benzene rings is 1. The summed E-state index contributed by atoms with van der Waals surface area (Å²) < 4.78 is 1.92. The lowest BCUT2D eigenvalue weighted by atomic mass is 9.97. The minimum Gasteiger partial charge on any atom is -0.292 e. The van der Waals surface area contributed by atoms with Crippen LogP contribution >= 0.6 is 11.3 Å². The van der Waals surface area contributed by atoms with Crippen LogP contribution in [0.4, 0.5) is 0 Å². The first-order valence-corrected chi connectivity index (χ1v) is 10.1. The molecular weight excluding hydrogens is 328 g/mol. The second kappa shape index (κ2) is 6.75. The highest BCUT2D eigenvalue weighted by atomic mass is 32.1. The van der Waals surface area contributed by atoms with Gasteiger partial charge in [0.15, 0.2) is 0 Å². The topological polar surface area (TPSA) is 34.9 Å². The Kier molecular flexibility index (Phi) is 4.46. The summed E-state index contributed by atoms with van der Waals surface area (Å²) in [5, 5.41) is 0.896. The second-order valence-corrected chi connectivity index (χ2v) is 8.09. The molecule has 130 valence electrons. The third-order valence-corrected chi connectivity index (χ3v) is 6.27. The number of unbranched alkanes of at least 4 members (excludes halogenated alkanes) is 1. The summed E-state index contributed by atoms with van der Waals surface area (Å²) in [5.41, 5.74) is 3.68. The maximum absolute atomic E-state index is 13.4. The van der Waals surface area contributed by atoms with Gasteiger partial charge in [0.1, 0.15) is 10.7 Å². The summed E-state index contributed by atoms with van der Waals surface area (Å²) in [5.74, 6) is 0.827. The Hall–Kier alpha value is -1.94. The van der Waals surface area contributed by atoms with Crippen molar-refractivity contribution in [3.05, 3.63) is 50.6 Å². The van der Waals surface area contributed by atoms with Crippen LogP contribution in [0.15, 0.2) is 29.1 Å². The summed E-state index contributed by atoms with van der Waals surface area (Å²) >= 11 is 1.74. The molecule has 2 heterocycles. The van der Waals surface area contributed by atoms with Crippen LogP contribution in [0.25, 0.3) is 21.6 Å². The molecule has 0 aliphatic heterocycles. The quantitative estimate of drug-likeness (QED) is 0.654. The van der Waals surface area contributed by atoms with Gasteiger partial charge in [-0.3, -0.25) is 9.36 Å². The van der Waals surface area contributed by atoms with Gasteiger partial charge in [-0.1, -0.05) is 37.1 Å². The molecule has 3 nitrogen and oxygen atoms in total. The molecule has 0 atom stereocenters. The van der Waals surface area contributed by atoms with Crippen molar-refractivity contribution in [2.75, 3.05) is 0 Å². The van der Waals surface area contributed by atoms with E-state index < -0.39 is 0 Å². The summed E-state index contributed by atoms with van der Waals surface area (Å²) in [7, 11) is 0. The molecule has 3 aromatic rings. The predicted molar refractivity (Wildman–Crippen MR) is 106 cm³/mol. The zero-order valence-electron chi connectivity index (χ0n) is 15.0. The van der Waals surface area contributed by atoms with Gasteiger partial charge in [0.2, 0.25) is 0 Å². The molecule has 0 saturated heterocycles. The molecule has 0 N–H and O–H groups in total. The molecule has 0 unspecified atom stereocenters. The van der Waals surface area contributed by atoms with Crippen molar-refractivity contribution in [3.63, 3.8) is 0 Å². The number of aryl methyl sites for hydroxylation is 3. The standard InChI is InChI=1S/C21H24N2OS/c1-3-4-12-23-19(15-9-7-8-14(2)13-15)22-20-18(21(23)24)16-10-5-6-11-17(16)25-20/h7-9,13H,3-6,10-12H2,1-2H3. The SMILES string of the molecule is CCCCn1c(-c2cccc(C)c2)nc2sc3c(c2c1=O)CCCC3. The molecule has 0 bridgehead atoms. The fourth-order valence-electron chi connectivity index (χ4n) is 3.77. The Morgan fingerprint density at radius 3 is 2.88 bits per heavy atom. The van der Waals surface area contributed by atoms with Gasteiger partial charge in [0.05, 0.1) is 5.39 Å². The third-order valence-electron chi connectivity index (χ3n) is 5.09. The second-order valence-electron chi connectivity index (χ2n) is 7.01. The molecule has 0 fully saturated rings. The average molecular weight is 353 g/mol. The van der Waals surface area contributed by atoms with Gasteiger partial charge in [-0.25, -0.2) is 4.98 Å². The van der Waals surface area contributed by atoms with Crippen LogP contribution in [0, 0.1) is 6.92 Å². The summed E-state index contributed by atoms with van der Waals surface area (Å²) in [4.78, 5) is 20.7. The van der Waals surface area contributed by atoms with E-state index in [1.165, 1.54) is 28.8 Å². The highest BCUT2D eigenvalue weighted by Gasteiger charge is 2.22. The number of fused-ring (bicyclic) bond motifs is 3. The first-order chi connectivity index (χ1) is 12.2. The number of nitrogens with zero attached hydrogens (tertiary/aromatic N) is 2. The van der Waals surface area contributed by atoms with Gasteiger partial charge in [0, 0.05) is 17.0 Å². The van der Waals surface area contributed by atoms with Crippen LogP contribution in [0.5, 0.6) is 0 Å². The van der Waals surface area contributed by atoms with E-state index in [1.807, 2.05) is 10.6 Å². The molecule has 4 rings (SSSR count). The maximum Gasteiger partial charge on any atom is 0.262 e. The van der Waals surface area contributed by atoms with Crippen LogP contribution in [0.3, 0.4) is 0 Å². The highest BCUT2D eigenvalue weighted by Crippen LogP contribution is 2.34. The zero-order chi connectivity index (χ0) is 17.4. The lowest BCUT2D eigenvalue weighted by molar-refractivity contribution is 0.614. The summed E-state index contributed by atoms with van der Waals surface area (Å²) in [6.07, 6.45) is 6.62.